The second kappa shape index (κ2) is 11.1. The van der Waals surface area contributed by atoms with Crippen LogP contribution in [-0.2, 0) is 13.0 Å². The lowest BCUT2D eigenvalue weighted by molar-refractivity contribution is -0.0133. The number of hydrogen-bond donors (Lipinski definition) is 0. The van der Waals surface area contributed by atoms with Crippen LogP contribution >= 0.6 is 23.2 Å². The molecule has 0 spiro atoms. The van der Waals surface area contributed by atoms with Crippen molar-refractivity contribution in [2.45, 2.75) is 39.9 Å². The number of aromatic nitrogens is 2. The number of nitrogens with zero attached hydrogens (tertiary/aromatic N) is 3. The molecule has 8 heteroatoms. The first-order valence-electron chi connectivity index (χ1n) is 12.9. The molecular weight excluding hydrogens is 521 g/mol. The van der Waals surface area contributed by atoms with Gasteiger partial charge in [0.05, 0.1) is 16.9 Å². The van der Waals surface area contributed by atoms with Crippen molar-refractivity contribution in [3.63, 3.8) is 0 Å². The van der Waals surface area contributed by atoms with Crippen LogP contribution in [0.3, 0.4) is 0 Å². The van der Waals surface area contributed by atoms with E-state index in [2.05, 4.69) is 59.9 Å². The van der Waals surface area contributed by atoms with E-state index < -0.39 is 0 Å². The maximum absolute atomic E-state index is 6.27. The van der Waals surface area contributed by atoms with E-state index in [9.17, 15) is 0 Å². The number of pyridine rings is 1. The van der Waals surface area contributed by atoms with E-state index in [4.69, 9.17) is 37.1 Å². The predicted molar refractivity (Wildman–Crippen MR) is 150 cm³/mol. The smallest absolute Gasteiger partial charge is 0.180 e. The molecule has 3 heterocycles. The van der Waals surface area contributed by atoms with Crippen molar-refractivity contribution in [1.82, 2.24) is 14.9 Å². The average molecular weight is 555 g/mol. The highest BCUT2D eigenvalue weighted by Gasteiger charge is 2.48. The van der Waals surface area contributed by atoms with Gasteiger partial charge < -0.3 is 13.9 Å². The van der Waals surface area contributed by atoms with Gasteiger partial charge in [0.2, 0.25) is 0 Å². The van der Waals surface area contributed by atoms with Crippen LogP contribution < -0.4 is 9.47 Å². The van der Waals surface area contributed by atoms with Crippen molar-refractivity contribution in [3.05, 3.63) is 94.9 Å². The fourth-order valence-electron chi connectivity index (χ4n) is 5.39. The van der Waals surface area contributed by atoms with Crippen LogP contribution in [0.1, 0.15) is 32.2 Å². The molecule has 2 atom stereocenters. The van der Waals surface area contributed by atoms with Gasteiger partial charge in [0.15, 0.2) is 6.39 Å². The van der Waals surface area contributed by atoms with Crippen LogP contribution in [0.4, 0.5) is 0 Å². The lowest BCUT2D eigenvalue weighted by atomic mass is 9.56. The molecule has 1 saturated heterocycles. The molecule has 1 aliphatic carbocycles. The Balaban J connectivity index is 1.17. The highest BCUT2D eigenvalue weighted by Crippen LogP contribution is 2.51. The van der Waals surface area contributed by atoms with Crippen molar-refractivity contribution >= 4 is 23.2 Å². The third kappa shape index (κ3) is 5.93. The number of allylic oxidation sites excluding steroid dienone is 3. The summed E-state index contributed by atoms with van der Waals surface area (Å²) in [4.78, 5) is 11.0. The summed E-state index contributed by atoms with van der Waals surface area (Å²) in [6.45, 7) is 9.95. The first kappa shape index (κ1) is 26.8. The van der Waals surface area contributed by atoms with Crippen LogP contribution in [0.2, 0.25) is 10.0 Å². The van der Waals surface area contributed by atoms with E-state index in [1.165, 1.54) is 6.39 Å². The average Bonchev–Trinajstić information content (AvgIpc) is 3.36. The summed E-state index contributed by atoms with van der Waals surface area (Å²) in [5.41, 5.74) is 0.740. The third-order valence-corrected chi connectivity index (χ3v) is 8.13. The maximum Gasteiger partial charge on any atom is 0.180 e. The van der Waals surface area contributed by atoms with Crippen LogP contribution in [-0.4, -0.2) is 40.6 Å². The molecule has 38 heavy (non-hydrogen) atoms. The molecule has 2 aliphatic rings. The van der Waals surface area contributed by atoms with Crippen molar-refractivity contribution in [2.24, 2.45) is 16.7 Å². The number of hydrogen-bond acceptors (Lipinski definition) is 6. The Kier molecular flexibility index (Phi) is 7.85. The van der Waals surface area contributed by atoms with E-state index in [1.807, 2.05) is 18.3 Å². The second-order valence-corrected chi connectivity index (χ2v) is 11.9. The molecule has 1 aliphatic heterocycles. The Bertz CT molecular complexity index is 1300. The largest absolute Gasteiger partial charge is 0.488 e. The zero-order valence-electron chi connectivity index (χ0n) is 21.9. The van der Waals surface area contributed by atoms with Gasteiger partial charge in [-0.15, -0.1) is 0 Å². The van der Waals surface area contributed by atoms with Gasteiger partial charge in [-0.05, 0) is 35.6 Å². The van der Waals surface area contributed by atoms with Crippen LogP contribution in [0, 0.1) is 16.7 Å². The fourth-order valence-corrected chi connectivity index (χ4v) is 5.86. The number of halogens is 2. The molecule has 6 nitrogen and oxygen atoms in total. The molecular formula is C30H33Cl2N3O3. The Morgan fingerprint density at radius 3 is 2.71 bits per heavy atom. The van der Waals surface area contributed by atoms with Crippen molar-refractivity contribution in [1.29, 1.82) is 0 Å². The minimum Gasteiger partial charge on any atom is -0.488 e. The van der Waals surface area contributed by atoms with Gasteiger partial charge in [0.1, 0.15) is 30.0 Å². The van der Waals surface area contributed by atoms with E-state index in [-0.39, 0.29) is 23.5 Å². The topological polar surface area (TPSA) is 60.6 Å². The first-order chi connectivity index (χ1) is 18.2. The summed E-state index contributed by atoms with van der Waals surface area (Å²) < 4.78 is 17.8. The van der Waals surface area contributed by atoms with Gasteiger partial charge >= 0.3 is 0 Å². The summed E-state index contributed by atoms with van der Waals surface area (Å²) >= 11 is 12.2. The molecule has 3 aromatic rings. The highest BCUT2D eigenvalue weighted by molar-refractivity contribution is 6.35. The third-order valence-electron chi connectivity index (χ3n) is 7.60. The second-order valence-electron chi connectivity index (χ2n) is 11.1. The molecule has 1 aromatic carbocycles. The Morgan fingerprint density at radius 2 is 1.97 bits per heavy atom. The van der Waals surface area contributed by atoms with Gasteiger partial charge in [-0.1, -0.05) is 68.3 Å². The molecule has 0 bridgehead atoms. The lowest BCUT2D eigenvalue weighted by Gasteiger charge is -2.51. The summed E-state index contributed by atoms with van der Waals surface area (Å²) in [5.74, 6) is 2.63. The van der Waals surface area contributed by atoms with Gasteiger partial charge in [-0.25, -0.2) is 4.98 Å². The van der Waals surface area contributed by atoms with Gasteiger partial charge in [-0.2, -0.15) is 0 Å². The normalized spacial score (nSPS) is 21.9. The minimum absolute atomic E-state index is 0.0399. The Morgan fingerprint density at radius 1 is 1.13 bits per heavy atom. The zero-order valence-corrected chi connectivity index (χ0v) is 23.5. The molecule has 5 rings (SSSR count). The van der Waals surface area contributed by atoms with E-state index in [1.54, 1.807) is 24.4 Å². The molecule has 2 aromatic heterocycles. The van der Waals surface area contributed by atoms with E-state index in [0.717, 1.165) is 43.3 Å². The first-order valence-corrected chi connectivity index (χ1v) is 13.6. The number of rotatable bonds is 9. The lowest BCUT2D eigenvalue weighted by Crippen LogP contribution is -2.57. The molecule has 1 fully saturated rings. The molecule has 2 unspecified atom stereocenters. The predicted octanol–water partition coefficient (Wildman–Crippen LogP) is 7.04. The Hall–Kier alpha value is -2.80. The van der Waals surface area contributed by atoms with Gasteiger partial charge in [0.25, 0.3) is 0 Å². The van der Waals surface area contributed by atoms with Crippen molar-refractivity contribution in [3.8, 4) is 11.5 Å². The molecule has 0 N–H and O–H groups in total. The number of benzene rings is 1. The molecule has 0 radical (unpaired) electrons. The van der Waals surface area contributed by atoms with Gasteiger partial charge in [0, 0.05) is 48.8 Å². The maximum atomic E-state index is 6.27. The summed E-state index contributed by atoms with van der Waals surface area (Å²) in [6.07, 6.45) is 15.1. The summed E-state index contributed by atoms with van der Waals surface area (Å²) in [5, 5.41) is 1.04. The SMILES string of the molecule is CC(C)(C)C1(Cc2cnco2)C=CC=CC1CN1CC(Oc2ccnc(COc3ccc(Cl)cc3Cl)c2)C1. The van der Waals surface area contributed by atoms with Crippen LogP contribution in [0.15, 0.2) is 77.8 Å². The monoisotopic (exact) mass is 553 g/mol. The van der Waals surface area contributed by atoms with E-state index >= 15 is 0 Å². The highest BCUT2D eigenvalue weighted by atomic mass is 35.5. The zero-order chi connectivity index (χ0) is 26.8. The minimum atomic E-state index is -0.0692. The summed E-state index contributed by atoms with van der Waals surface area (Å²) in [6, 6.07) is 8.97. The van der Waals surface area contributed by atoms with Gasteiger partial charge in [-0.3, -0.25) is 9.88 Å². The fraction of sp³-hybridized carbons (Fsp3) is 0.400. The van der Waals surface area contributed by atoms with Crippen molar-refractivity contribution < 1.29 is 13.9 Å². The summed E-state index contributed by atoms with van der Waals surface area (Å²) in [7, 11) is 0. The number of ether oxygens (including phenoxy) is 2. The number of oxazole rings is 1. The van der Waals surface area contributed by atoms with E-state index in [0.29, 0.717) is 21.7 Å². The van der Waals surface area contributed by atoms with Crippen molar-refractivity contribution in [2.75, 3.05) is 19.6 Å². The van der Waals surface area contributed by atoms with Crippen LogP contribution in [0.5, 0.6) is 11.5 Å². The Labute approximate surface area is 234 Å². The molecule has 200 valence electrons. The molecule has 0 saturated carbocycles. The quantitative estimate of drug-likeness (QED) is 0.283. The molecule has 0 amide bonds. The standard InChI is InChI=1S/C30H33Cl2N3O3/c1-29(2,3)30(14-25-15-33-20-37-25)10-5-4-6-21(30)16-35-17-26(18-35)38-24-9-11-34-23(13-24)19-36-28-8-7-22(31)12-27(28)32/h4-13,15,20-21,26H,14,16-19H2,1-3H3. The number of likely N-dealkylation sites (tertiary alicyclic amines) is 1. The van der Waals surface area contributed by atoms with Crippen LogP contribution in [0.25, 0.3) is 0 Å².